The summed E-state index contributed by atoms with van der Waals surface area (Å²) in [6.45, 7) is 8.98. The number of ether oxygens (including phenoxy) is 1. The number of H-pyrrole nitrogens is 1. The molecule has 0 saturated carbocycles. The minimum Gasteiger partial charge on any atom is -0.379 e. The monoisotopic (exact) mass is 344 g/mol. The first-order valence-corrected chi connectivity index (χ1v) is 7.71. The number of aromatic nitrogens is 2. The van der Waals surface area contributed by atoms with E-state index in [0.717, 1.165) is 43.0 Å². The Labute approximate surface area is 127 Å². The van der Waals surface area contributed by atoms with E-state index in [1.165, 1.54) is 0 Å². The van der Waals surface area contributed by atoms with Crippen LogP contribution in [-0.4, -0.2) is 60.4 Å². The lowest BCUT2D eigenvalue weighted by Crippen LogP contribution is -2.41. The number of rotatable bonds is 5. The van der Waals surface area contributed by atoms with Crippen LogP contribution in [0.1, 0.15) is 35.9 Å². The van der Waals surface area contributed by atoms with E-state index in [2.05, 4.69) is 50.2 Å². The number of morpholine rings is 1. The van der Waals surface area contributed by atoms with E-state index in [1.54, 1.807) is 0 Å². The average molecular weight is 345 g/mol. The summed E-state index contributed by atoms with van der Waals surface area (Å²) in [5.41, 5.74) is 1.37. The van der Waals surface area contributed by atoms with Gasteiger partial charge in [0.15, 0.2) is 5.69 Å². The molecule has 1 aromatic heterocycles. The van der Waals surface area contributed by atoms with Gasteiger partial charge in [-0.25, -0.2) is 0 Å². The summed E-state index contributed by atoms with van der Waals surface area (Å²) in [6.07, 6.45) is 0. The van der Waals surface area contributed by atoms with Crippen molar-refractivity contribution in [3.8, 4) is 0 Å². The molecule has 2 rings (SSSR count). The lowest BCUT2D eigenvalue weighted by molar-refractivity contribution is 0.0383. The molecule has 0 spiro atoms. The van der Waals surface area contributed by atoms with Crippen LogP contribution in [0.4, 0.5) is 0 Å². The van der Waals surface area contributed by atoms with Gasteiger partial charge in [-0.2, -0.15) is 5.10 Å². The highest BCUT2D eigenvalue weighted by molar-refractivity contribution is 9.10. The Balaban J connectivity index is 1.82. The van der Waals surface area contributed by atoms with Crippen molar-refractivity contribution in [2.75, 3.05) is 39.4 Å². The van der Waals surface area contributed by atoms with Crippen molar-refractivity contribution in [1.29, 1.82) is 0 Å². The predicted octanol–water partition coefficient (Wildman–Crippen LogP) is 1.36. The molecule has 0 aromatic carbocycles. The standard InChI is InChI=1S/C13H21BrN4O2/c1-9(2)11-10(14)12(17-16-11)13(19)15-3-4-18-5-7-20-8-6-18/h9H,3-8H2,1-2H3,(H,15,19)(H,16,17). The zero-order chi connectivity index (χ0) is 14.5. The van der Waals surface area contributed by atoms with E-state index < -0.39 is 0 Å². The molecule has 1 aromatic rings. The van der Waals surface area contributed by atoms with Gasteiger partial charge in [-0.15, -0.1) is 0 Å². The molecular formula is C13H21BrN4O2. The minimum atomic E-state index is -0.145. The molecule has 1 saturated heterocycles. The van der Waals surface area contributed by atoms with Gasteiger partial charge in [0, 0.05) is 26.2 Å². The SMILES string of the molecule is CC(C)c1[nH]nc(C(=O)NCCN2CCOCC2)c1Br. The van der Waals surface area contributed by atoms with Crippen molar-refractivity contribution in [3.63, 3.8) is 0 Å². The molecule has 0 radical (unpaired) electrons. The van der Waals surface area contributed by atoms with Crippen molar-refractivity contribution < 1.29 is 9.53 Å². The minimum absolute atomic E-state index is 0.145. The molecule has 0 bridgehead atoms. The topological polar surface area (TPSA) is 70.2 Å². The zero-order valence-electron chi connectivity index (χ0n) is 11.9. The van der Waals surface area contributed by atoms with Crippen LogP contribution in [0.5, 0.6) is 0 Å². The molecule has 7 heteroatoms. The van der Waals surface area contributed by atoms with Crippen LogP contribution in [0.25, 0.3) is 0 Å². The van der Waals surface area contributed by atoms with Crippen LogP contribution in [-0.2, 0) is 4.74 Å². The van der Waals surface area contributed by atoms with Crippen LogP contribution in [0.3, 0.4) is 0 Å². The maximum Gasteiger partial charge on any atom is 0.273 e. The van der Waals surface area contributed by atoms with Crippen molar-refractivity contribution in [2.24, 2.45) is 0 Å². The van der Waals surface area contributed by atoms with Gasteiger partial charge in [0.1, 0.15) is 0 Å². The van der Waals surface area contributed by atoms with E-state index in [-0.39, 0.29) is 5.91 Å². The number of hydrogen-bond donors (Lipinski definition) is 2. The maximum absolute atomic E-state index is 12.1. The fourth-order valence-corrected chi connectivity index (χ4v) is 2.93. The molecule has 0 aliphatic carbocycles. The van der Waals surface area contributed by atoms with Gasteiger partial charge < -0.3 is 10.1 Å². The highest BCUT2D eigenvalue weighted by atomic mass is 79.9. The lowest BCUT2D eigenvalue weighted by Gasteiger charge is -2.26. The van der Waals surface area contributed by atoms with Gasteiger partial charge in [0.25, 0.3) is 5.91 Å². The normalized spacial score (nSPS) is 16.6. The first-order valence-electron chi connectivity index (χ1n) is 6.91. The van der Waals surface area contributed by atoms with E-state index in [0.29, 0.717) is 18.2 Å². The van der Waals surface area contributed by atoms with Gasteiger partial charge >= 0.3 is 0 Å². The largest absolute Gasteiger partial charge is 0.379 e. The lowest BCUT2D eigenvalue weighted by atomic mass is 10.1. The van der Waals surface area contributed by atoms with E-state index in [9.17, 15) is 4.79 Å². The molecule has 1 fully saturated rings. The second-order valence-corrected chi connectivity index (χ2v) is 5.96. The summed E-state index contributed by atoms with van der Waals surface area (Å²) in [6, 6.07) is 0. The van der Waals surface area contributed by atoms with Gasteiger partial charge in [-0.3, -0.25) is 14.8 Å². The molecular weight excluding hydrogens is 324 g/mol. The predicted molar refractivity (Wildman–Crippen MR) is 80.0 cm³/mol. The summed E-state index contributed by atoms with van der Waals surface area (Å²) in [5, 5.41) is 9.90. The molecule has 1 aliphatic rings. The summed E-state index contributed by atoms with van der Waals surface area (Å²) >= 11 is 3.44. The third kappa shape index (κ3) is 3.80. The summed E-state index contributed by atoms with van der Waals surface area (Å²) < 4.78 is 6.05. The van der Waals surface area contributed by atoms with Gasteiger partial charge in [0.05, 0.1) is 23.4 Å². The number of nitrogens with one attached hydrogen (secondary N) is 2. The molecule has 2 N–H and O–H groups in total. The van der Waals surface area contributed by atoms with E-state index >= 15 is 0 Å². The van der Waals surface area contributed by atoms with Gasteiger partial charge in [0.2, 0.25) is 0 Å². The molecule has 1 aliphatic heterocycles. The Morgan fingerprint density at radius 2 is 2.20 bits per heavy atom. The summed E-state index contributed by atoms with van der Waals surface area (Å²) in [4.78, 5) is 14.4. The highest BCUT2D eigenvalue weighted by Gasteiger charge is 2.19. The van der Waals surface area contributed by atoms with Crippen molar-refractivity contribution >= 4 is 21.8 Å². The fourth-order valence-electron chi connectivity index (χ4n) is 2.11. The smallest absolute Gasteiger partial charge is 0.273 e. The van der Waals surface area contributed by atoms with Crippen LogP contribution in [0, 0.1) is 0 Å². The third-order valence-electron chi connectivity index (χ3n) is 3.34. The van der Waals surface area contributed by atoms with Crippen molar-refractivity contribution in [1.82, 2.24) is 20.4 Å². The summed E-state index contributed by atoms with van der Waals surface area (Å²) in [7, 11) is 0. The molecule has 112 valence electrons. The Bertz CT molecular complexity index is 455. The number of carbonyl (C=O) groups is 1. The Kier molecular flexibility index (Phi) is 5.56. The zero-order valence-corrected chi connectivity index (χ0v) is 13.5. The quantitative estimate of drug-likeness (QED) is 0.845. The molecule has 0 atom stereocenters. The Morgan fingerprint density at radius 1 is 1.50 bits per heavy atom. The van der Waals surface area contributed by atoms with E-state index in [1.807, 2.05) is 0 Å². The summed E-state index contributed by atoms with van der Waals surface area (Å²) in [5.74, 6) is 0.153. The van der Waals surface area contributed by atoms with Gasteiger partial charge in [-0.1, -0.05) is 13.8 Å². The maximum atomic E-state index is 12.1. The van der Waals surface area contributed by atoms with Crippen LogP contribution >= 0.6 is 15.9 Å². The molecule has 2 heterocycles. The third-order valence-corrected chi connectivity index (χ3v) is 4.14. The number of nitrogens with zero attached hydrogens (tertiary/aromatic N) is 2. The number of aromatic amines is 1. The second-order valence-electron chi connectivity index (χ2n) is 5.16. The van der Waals surface area contributed by atoms with Crippen LogP contribution in [0.2, 0.25) is 0 Å². The van der Waals surface area contributed by atoms with Gasteiger partial charge in [-0.05, 0) is 21.8 Å². The number of hydrogen-bond acceptors (Lipinski definition) is 4. The van der Waals surface area contributed by atoms with Crippen LogP contribution in [0.15, 0.2) is 4.47 Å². The average Bonchev–Trinajstić information content (AvgIpc) is 2.82. The second kappa shape index (κ2) is 7.19. The van der Waals surface area contributed by atoms with Crippen molar-refractivity contribution in [2.45, 2.75) is 19.8 Å². The first-order chi connectivity index (χ1) is 9.59. The number of carbonyl (C=O) groups excluding carboxylic acids is 1. The van der Waals surface area contributed by atoms with Crippen molar-refractivity contribution in [3.05, 3.63) is 15.9 Å². The fraction of sp³-hybridized carbons (Fsp3) is 0.692. The Hall–Kier alpha value is -0.920. The molecule has 20 heavy (non-hydrogen) atoms. The van der Waals surface area contributed by atoms with Crippen LogP contribution < -0.4 is 5.32 Å². The van der Waals surface area contributed by atoms with E-state index in [4.69, 9.17) is 4.74 Å². The highest BCUT2D eigenvalue weighted by Crippen LogP contribution is 2.25. The molecule has 6 nitrogen and oxygen atoms in total. The number of halogens is 1. The molecule has 1 amide bonds. The number of amides is 1. The molecule has 0 unspecified atom stereocenters. The first kappa shape index (κ1) is 15.5. The Morgan fingerprint density at radius 3 is 2.80 bits per heavy atom.